The van der Waals surface area contributed by atoms with Crippen LogP contribution in [0.4, 0.5) is 4.79 Å². The van der Waals surface area contributed by atoms with Crippen LogP contribution in [0, 0.1) is 11.8 Å². The van der Waals surface area contributed by atoms with Crippen molar-refractivity contribution in [2.24, 2.45) is 11.8 Å². The number of rotatable bonds is 8. The van der Waals surface area contributed by atoms with Gasteiger partial charge < -0.3 is 20.5 Å². The first-order valence-corrected chi connectivity index (χ1v) is 10.6. The predicted molar refractivity (Wildman–Crippen MR) is 115 cm³/mol. The second-order valence-electron chi connectivity index (χ2n) is 8.12. The minimum atomic E-state index is -0.831. The number of carboxylic acids is 1. The summed E-state index contributed by atoms with van der Waals surface area (Å²) in [7, 11) is 0. The predicted octanol–water partition coefficient (Wildman–Crippen LogP) is 3.14. The topological polar surface area (TPSA) is 105 Å². The summed E-state index contributed by atoms with van der Waals surface area (Å²) in [6.07, 6.45) is 0.341. The summed E-state index contributed by atoms with van der Waals surface area (Å²) >= 11 is 0. The van der Waals surface area contributed by atoms with Gasteiger partial charge in [0.2, 0.25) is 5.91 Å². The molecule has 0 heterocycles. The zero-order chi connectivity index (χ0) is 22.0. The van der Waals surface area contributed by atoms with Gasteiger partial charge in [0.15, 0.2) is 0 Å². The second-order valence-corrected chi connectivity index (χ2v) is 8.12. The largest absolute Gasteiger partial charge is 0.481 e. The Morgan fingerprint density at radius 1 is 1.06 bits per heavy atom. The van der Waals surface area contributed by atoms with Crippen molar-refractivity contribution in [3.63, 3.8) is 0 Å². The lowest BCUT2D eigenvalue weighted by Crippen LogP contribution is -2.47. The summed E-state index contributed by atoms with van der Waals surface area (Å²) < 4.78 is 5.50. The average Bonchev–Trinajstić information content (AvgIpc) is 3.50. The van der Waals surface area contributed by atoms with Gasteiger partial charge in [0.05, 0.1) is 5.92 Å². The molecule has 0 radical (unpaired) electrons. The normalized spacial score (nSPS) is 19.6. The third-order valence-electron chi connectivity index (χ3n) is 6.14. The number of carbonyl (C=O) groups excluding carboxylic acids is 2. The first-order chi connectivity index (χ1) is 15.0. The van der Waals surface area contributed by atoms with Gasteiger partial charge in [0.1, 0.15) is 12.6 Å². The Kier molecular flexibility index (Phi) is 5.93. The number of fused-ring (bicyclic) bond motifs is 3. The number of carbonyl (C=O) groups is 3. The Morgan fingerprint density at radius 3 is 2.23 bits per heavy atom. The summed E-state index contributed by atoms with van der Waals surface area (Å²) in [6, 6.07) is 15.5. The smallest absolute Gasteiger partial charge is 0.407 e. The lowest BCUT2D eigenvalue weighted by atomic mass is 9.98. The molecule has 0 spiro atoms. The van der Waals surface area contributed by atoms with Gasteiger partial charge in [-0.05, 0) is 41.0 Å². The molecule has 7 heteroatoms. The fourth-order valence-corrected chi connectivity index (χ4v) is 4.27. The average molecular weight is 422 g/mol. The zero-order valence-corrected chi connectivity index (χ0v) is 17.3. The van der Waals surface area contributed by atoms with Crippen molar-refractivity contribution in [2.45, 2.75) is 31.7 Å². The summed E-state index contributed by atoms with van der Waals surface area (Å²) in [4.78, 5) is 35.7. The van der Waals surface area contributed by atoms with Crippen molar-refractivity contribution in [3.05, 3.63) is 59.7 Å². The molecule has 2 aromatic rings. The van der Waals surface area contributed by atoms with Crippen LogP contribution >= 0.6 is 0 Å². The van der Waals surface area contributed by atoms with Crippen molar-refractivity contribution >= 4 is 18.0 Å². The highest BCUT2D eigenvalue weighted by Crippen LogP contribution is 2.44. The van der Waals surface area contributed by atoms with Crippen LogP contribution in [0.3, 0.4) is 0 Å². The first-order valence-electron chi connectivity index (χ1n) is 10.6. The molecule has 1 fully saturated rings. The molecule has 2 aliphatic rings. The molecule has 2 amide bonds. The zero-order valence-electron chi connectivity index (χ0n) is 17.3. The summed E-state index contributed by atoms with van der Waals surface area (Å²) in [6.45, 7) is 2.28. The van der Waals surface area contributed by atoms with E-state index in [1.54, 1.807) is 6.92 Å². The highest BCUT2D eigenvalue weighted by Gasteiger charge is 2.43. The second kappa shape index (κ2) is 8.79. The lowest BCUT2D eigenvalue weighted by Gasteiger charge is -2.18. The maximum atomic E-state index is 12.4. The maximum absolute atomic E-state index is 12.4. The van der Waals surface area contributed by atoms with Gasteiger partial charge in [-0.15, -0.1) is 0 Å². The van der Waals surface area contributed by atoms with Gasteiger partial charge in [0, 0.05) is 12.5 Å². The summed E-state index contributed by atoms with van der Waals surface area (Å²) in [5.41, 5.74) is 4.55. The number of hydrogen-bond donors (Lipinski definition) is 3. The van der Waals surface area contributed by atoms with E-state index in [0.29, 0.717) is 19.4 Å². The van der Waals surface area contributed by atoms with Crippen molar-refractivity contribution in [1.29, 1.82) is 0 Å². The number of nitrogens with one attached hydrogen (secondary N) is 2. The van der Waals surface area contributed by atoms with E-state index >= 15 is 0 Å². The van der Waals surface area contributed by atoms with Crippen LogP contribution in [0.15, 0.2) is 48.5 Å². The van der Waals surface area contributed by atoms with E-state index in [0.717, 1.165) is 22.3 Å². The number of ether oxygens (including phenoxy) is 1. The molecule has 0 bridgehead atoms. The number of alkyl carbamates (subject to hydrolysis) is 1. The molecule has 31 heavy (non-hydrogen) atoms. The van der Waals surface area contributed by atoms with E-state index in [1.807, 2.05) is 36.4 Å². The molecular weight excluding hydrogens is 396 g/mol. The molecule has 4 rings (SSSR count). The Balaban J connectivity index is 1.31. The number of aliphatic carboxylic acids is 1. The molecule has 2 aromatic carbocycles. The van der Waals surface area contributed by atoms with Gasteiger partial charge in [0.25, 0.3) is 0 Å². The van der Waals surface area contributed by atoms with E-state index in [2.05, 4.69) is 22.8 Å². The van der Waals surface area contributed by atoms with Crippen LogP contribution in [0.5, 0.6) is 0 Å². The van der Waals surface area contributed by atoms with E-state index < -0.39 is 18.1 Å². The molecule has 3 N–H and O–H groups in total. The van der Waals surface area contributed by atoms with Crippen LogP contribution < -0.4 is 10.6 Å². The number of carboxylic acid groups (broad SMARTS) is 1. The lowest BCUT2D eigenvalue weighted by molar-refractivity contribution is -0.139. The van der Waals surface area contributed by atoms with Crippen molar-refractivity contribution in [1.82, 2.24) is 10.6 Å². The molecule has 0 aliphatic heterocycles. The third-order valence-corrected chi connectivity index (χ3v) is 6.14. The SMILES string of the molecule is CC[C@@H](NC(=O)OCC1c2ccccc2-c2ccccc21)C(=O)NCC1CC1C(=O)O. The minimum Gasteiger partial charge on any atom is -0.481 e. The monoisotopic (exact) mass is 422 g/mol. The van der Waals surface area contributed by atoms with E-state index in [1.165, 1.54) is 0 Å². The van der Waals surface area contributed by atoms with Crippen LogP contribution in [-0.4, -0.2) is 42.3 Å². The van der Waals surface area contributed by atoms with E-state index in [4.69, 9.17) is 9.84 Å². The van der Waals surface area contributed by atoms with Crippen LogP contribution in [-0.2, 0) is 14.3 Å². The molecule has 3 atom stereocenters. The quantitative estimate of drug-likeness (QED) is 0.606. The highest BCUT2D eigenvalue weighted by atomic mass is 16.5. The first kappa shape index (κ1) is 20.9. The standard InChI is InChI=1S/C24H26N2O5/c1-2-21(22(27)25-12-14-11-19(14)23(28)29)26-24(30)31-13-20-17-9-5-3-7-15(17)16-8-4-6-10-18(16)20/h3-10,14,19-21H,2,11-13H2,1H3,(H,25,27)(H,26,30)(H,28,29)/t14?,19?,21-/m1/s1. The molecule has 7 nitrogen and oxygen atoms in total. The molecule has 1 saturated carbocycles. The van der Waals surface area contributed by atoms with Crippen LogP contribution in [0.25, 0.3) is 11.1 Å². The minimum absolute atomic E-state index is 0.0339. The number of hydrogen-bond acceptors (Lipinski definition) is 4. The summed E-state index contributed by atoms with van der Waals surface area (Å²) in [5, 5.41) is 14.3. The van der Waals surface area contributed by atoms with Gasteiger partial charge in [-0.2, -0.15) is 0 Å². The van der Waals surface area contributed by atoms with Gasteiger partial charge in [-0.25, -0.2) is 4.79 Å². The molecule has 0 aromatic heterocycles. The fraction of sp³-hybridized carbons (Fsp3) is 0.375. The Labute approximate surface area is 180 Å². The number of amides is 2. The molecule has 162 valence electrons. The van der Waals surface area contributed by atoms with Gasteiger partial charge in [-0.3, -0.25) is 9.59 Å². The van der Waals surface area contributed by atoms with Crippen LogP contribution in [0.2, 0.25) is 0 Å². The molecular formula is C24H26N2O5. The summed E-state index contributed by atoms with van der Waals surface area (Å²) in [5.74, 6) is -1.62. The molecule has 0 saturated heterocycles. The van der Waals surface area contributed by atoms with Crippen molar-refractivity contribution in [2.75, 3.05) is 13.2 Å². The Morgan fingerprint density at radius 2 is 1.68 bits per heavy atom. The maximum Gasteiger partial charge on any atom is 0.407 e. The van der Waals surface area contributed by atoms with Crippen molar-refractivity contribution < 1.29 is 24.2 Å². The van der Waals surface area contributed by atoms with Gasteiger partial charge in [-0.1, -0.05) is 55.5 Å². The Hall–Kier alpha value is -3.35. The number of benzene rings is 2. The third kappa shape index (κ3) is 4.40. The molecule has 2 unspecified atom stereocenters. The molecule has 2 aliphatic carbocycles. The van der Waals surface area contributed by atoms with Gasteiger partial charge >= 0.3 is 12.1 Å². The van der Waals surface area contributed by atoms with E-state index in [9.17, 15) is 14.4 Å². The van der Waals surface area contributed by atoms with Crippen LogP contribution in [0.1, 0.15) is 36.8 Å². The fourth-order valence-electron chi connectivity index (χ4n) is 4.27. The highest BCUT2D eigenvalue weighted by molar-refractivity contribution is 5.86. The van der Waals surface area contributed by atoms with E-state index in [-0.39, 0.29) is 30.3 Å². The Bertz CT molecular complexity index is 959. The van der Waals surface area contributed by atoms with Crippen molar-refractivity contribution in [3.8, 4) is 11.1 Å².